The molecule has 1 saturated heterocycles. The van der Waals surface area contributed by atoms with Gasteiger partial charge in [0.15, 0.2) is 0 Å². The number of fused-ring (bicyclic) bond motifs is 1. The lowest BCUT2D eigenvalue weighted by Gasteiger charge is -2.34. The van der Waals surface area contributed by atoms with Crippen LogP contribution in [0.1, 0.15) is 31.5 Å². The molecule has 2 aliphatic rings. The number of aromatic nitrogens is 2. The van der Waals surface area contributed by atoms with Crippen LogP contribution in [0, 0.1) is 0 Å². The van der Waals surface area contributed by atoms with Crippen LogP contribution in [0.3, 0.4) is 0 Å². The molecule has 3 rings (SSSR count). The van der Waals surface area contributed by atoms with Crippen molar-refractivity contribution in [3.05, 3.63) is 18.2 Å². The summed E-state index contributed by atoms with van der Waals surface area (Å²) in [6.07, 6.45) is 8.84. The molecule has 3 heterocycles. The Bertz CT molecular complexity index is 655. The Balaban J connectivity index is 1.66. The van der Waals surface area contributed by atoms with Crippen LogP contribution in [0.2, 0.25) is 0 Å². The van der Waals surface area contributed by atoms with Crippen molar-refractivity contribution in [3.63, 3.8) is 0 Å². The van der Waals surface area contributed by atoms with Crippen LogP contribution in [-0.2, 0) is 27.8 Å². The van der Waals surface area contributed by atoms with Gasteiger partial charge in [-0.2, -0.15) is 4.31 Å². The molecule has 1 fully saturated rings. The predicted molar refractivity (Wildman–Crippen MR) is 81.7 cm³/mol. The van der Waals surface area contributed by atoms with E-state index in [1.54, 1.807) is 6.20 Å². The summed E-state index contributed by atoms with van der Waals surface area (Å²) in [4.78, 5) is 16.8. The van der Waals surface area contributed by atoms with Gasteiger partial charge < -0.3 is 9.88 Å². The number of piperidine rings is 1. The van der Waals surface area contributed by atoms with Gasteiger partial charge in [-0.1, -0.05) is 6.42 Å². The highest BCUT2D eigenvalue weighted by Crippen LogP contribution is 2.21. The number of carbonyl (C=O) groups is 1. The molecule has 1 N–H and O–H groups in total. The second-order valence-corrected chi connectivity index (χ2v) is 8.06. The molecule has 22 heavy (non-hydrogen) atoms. The van der Waals surface area contributed by atoms with Gasteiger partial charge in [0, 0.05) is 37.9 Å². The maximum absolute atomic E-state index is 12.5. The molecular formula is C14H22N4O3S. The lowest BCUT2D eigenvalue weighted by molar-refractivity contribution is -0.126. The predicted octanol–water partition coefficient (Wildman–Crippen LogP) is 0.128. The Hall–Kier alpha value is -1.41. The first-order chi connectivity index (χ1) is 10.4. The second kappa shape index (κ2) is 6.00. The zero-order valence-electron chi connectivity index (χ0n) is 12.7. The molecule has 1 amide bonds. The van der Waals surface area contributed by atoms with Gasteiger partial charge >= 0.3 is 0 Å². The topological polar surface area (TPSA) is 84.3 Å². The van der Waals surface area contributed by atoms with Gasteiger partial charge in [-0.3, -0.25) is 4.79 Å². The maximum atomic E-state index is 12.5. The van der Waals surface area contributed by atoms with Gasteiger partial charge in [-0.25, -0.2) is 13.4 Å². The Morgan fingerprint density at radius 3 is 2.95 bits per heavy atom. The summed E-state index contributed by atoms with van der Waals surface area (Å²) >= 11 is 0. The zero-order chi connectivity index (χ0) is 15.7. The lowest BCUT2D eigenvalue weighted by Crippen LogP contribution is -2.54. The molecular weight excluding hydrogens is 304 g/mol. The van der Waals surface area contributed by atoms with Crippen molar-refractivity contribution in [1.82, 2.24) is 19.2 Å². The second-order valence-electron chi connectivity index (χ2n) is 6.13. The number of sulfonamides is 1. The van der Waals surface area contributed by atoms with E-state index in [1.807, 2.05) is 10.8 Å². The van der Waals surface area contributed by atoms with Gasteiger partial charge in [0.1, 0.15) is 11.9 Å². The molecule has 0 unspecified atom stereocenters. The molecule has 8 heteroatoms. The van der Waals surface area contributed by atoms with E-state index in [2.05, 4.69) is 10.3 Å². The van der Waals surface area contributed by atoms with Gasteiger partial charge in [-0.15, -0.1) is 0 Å². The highest BCUT2D eigenvalue weighted by Gasteiger charge is 2.35. The molecule has 0 aliphatic carbocycles. The van der Waals surface area contributed by atoms with Crippen LogP contribution < -0.4 is 5.32 Å². The summed E-state index contributed by atoms with van der Waals surface area (Å²) < 4.78 is 27.1. The molecule has 122 valence electrons. The van der Waals surface area contributed by atoms with E-state index in [-0.39, 0.29) is 11.9 Å². The van der Waals surface area contributed by atoms with Gasteiger partial charge in [0.25, 0.3) is 0 Å². The molecule has 0 bridgehead atoms. The van der Waals surface area contributed by atoms with E-state index in [0.717, 1.165) is 31.5 Å². The van der Waals surface area contributed by atoms with E-state index >= 15 is 0 Å². The molecule has 2 aliphatic heterocycles. The first-order valence-corrected chi connectivity index (χ1v) is 9.57. The summed E-state index contributed by atoms with van der Waals surface area (Å²) in [6.45, 7) is 1.14. The third-order valence-corrected chi connectivity index (χ3v) is 5.75. The van der Waals surface area contributed by atoms with Crippen LogP contribution in [0.15, 0.2) is 12.4 Å². The van der Waals surface area contributed by atoms with Crippen LogP contribution in [0.5, 0.6) is 0 Å². The van der Waals surface area contributed by atoms with Crippen molar-refractivity contribution in [3.8, 4) is 0 Å². The molecule has 1 aromatic rings. The van der Waals surface area contributed by atoms with Crippen molar-refractivity contribution in [1.29, 1.82) is 0 Å². The number of rotatable bonds is 3. The Morgan fingerprint density at radius 2 is 2.18 bits per heavy atom. The molecule has 0 saturated carbocycles. The average molecular weight is 326 g/mol. The zero-order valence-corrected chi connectivity index (χ0v) is 13.6. The molecule has 1 aromatic heterocycles. The third-order valence-electron chi connectivity index (χ3n) is 4.46. The summed E-state index contributed by atoms with van der Waals surface area (Å²) in [5.74, 6) is 0.875. The summed E-state index contributed by atoms with van der Waals surface area (Å²) in [5.41, 5.74) is 0. The van der Waals surface area contributed by atoms with Crippen molar-refractivity contribution in [2.75, 3.05) is 12.8 Å². The number of aryl methyl sites for hydroxylation is 1. The first-order valence-electron chi connectivity index (χ1n) is 7.72. The van der Waals surface area contributed by atoms with Crippen LogP contribution >= 0.6 is 0 Å². The quantitative estimate of drug-likeness (QED) is 0.855. The average Bonchev–Trinajstić information content (AvgIpc) is 2.94. The fourth-order valence-corrected chi connectivity index (χ4v) is 4.47. The Morgan fingerprint density at radius 1 is 1.36 bits per heavy atom. The van der Waals surface area contributed by atoms with Gasteiger partial charge in [0.2, 0.25) is 15.9 Å². The lowest BCUT2D eigenvalue weighted by atomic mass is 10.0. The number of nitrogens with zero attached hydrogens (tertiary/aromatic N) is 3. The number of nitrogens with one attached hydrogen (secondary N) is 1. The van der Waals surface area contributed by atoms with Gasteiger partial charge in [-0.05, 0) is 19.3 Å². The summed E-state index contributed by atoms with van der Waals surface area (Å²) in [7, 11) is -3.34. The number of amides is 1. The minimum Gasteiger partial charge on any atom is -0.350 e. The van der Waals surface area contributed by atoms with Crippen molar-refractivity contribution < 1.29 is 13.2 Å². The standard InChI is InChI=1S/C14H22N4O3S/c1-22(20,21)18-8-3-2-4-12(18)14(19)16-11-5-6-13-15-7-9-17(13)10-11/h7,9,11-12H,2-6,8,10H2,1H3,(H,16,19)/t11-,12-/m0/s1. The monoisotopic (exact) mass is 326 g/mol. The summed E-state index contributed by atoms with van der Waals surface area (Å²) in [6, 6.07) is -0.523. The molecule has 0 aromatic carbocycles. The van der Waals surface area contributed by atoms with E-state index in [0.29, 0.717) is 19.5 Å². The van der Waals surface area contributed by atoms with Crippen LogP contribution in [-0.4, -0.2) is 53.1 Å². The number of hydrogen-bond donors (Lipinski definition) is 1. The highest BCUT2D eigenvalue weighted by molar-refractivity contribution is 7.88. The van der Waals surface area contributed by atoms with Crippen molar-refractivity contribution in [2.24, 2.45) is 0 Å². The normalized spacial score (nSPS) is 26.4. The van der Waals surface area contributed by atoms with E-state index in [9.17, 15) is 13.2 Å². The molecule has 7 nitrogen and oxygen atoms in total. The first kappa shape index (κ1) is 15.5. The van der Waals surface area contributed by atoms with Crippen LogP contribution in [0.25, 0.3) is 0 Å². The largest absolute Gasteiger partial charge is 0.350 e. The minimum atomic E-state index is -3.34. The molecule has 0 spiro atoms. The third kappa shape index (κ3) is 3.17. The smallest absolute Gasteiger partial charge is 0.238 e. The fourth-order valence-electron chi connectivity index (χ4n) is 3.35. The number of imidazole rings is 1. The maximum Gasteiger partial charge on any atom is 0.238 e. The summed E-state index contributed by atoms with van der Waals surface area (Å²) in [5, 5.41) is 3.03. The fraction of sp³-hybridized carbons (Fsp3) is 0.714. The highest BCUT2D eigenvalue weighted by atomic mass is 32.2. The number of hydrogen-bond acceptors (Lipinski definition) is 4. The van der Waals surface area contributed by atoms with Crippen LogP contribution in [0.4, 0.5) is 0 Å². The van der Waals surface area contributed by atoms with Gasteiger partial charge in [0.05, 0.1) is 6.26 Å². The van der Waals surface area contributed by atoms with Crippen molar-refractivity contribution >= 4 is 15.9 Å². The minimum absolute atomic E-state index is 0.0394. The Kier molecular flexibility index (Phi) is 4.22. The Labute approximate surface area is 130 Å². The SMILES string of the molecule is CS(=O)(=O)N1CCCC[C@H]1C(=O)N[C@H]1CCc2nccn2C1. The van der Waals surface area contributed by atoms with E-state index in [1.165, 1.54) is 10.6 Å². The van der Waals surface area contributed by atoms with E-state index in [4.69, 9.17) is 0 Å². The van der Waals surface area contributed by atoms with E-state index < -0.39 is 16.1 Å². The molecule has 2 atom stereocenters. The number of carbonyl (C=O) groups excluding carboxylic acids is 1. The van der Waals surface area contributed by atoms with Crippen molar-refractivity contribution in [2.45, 2.75) is 50.7 Å². The molecule has 0 radical (unpaired) electrons.